The van der Waals surface area contributed by atoms with Gasteiger partial charge in [0, 0.05) is 5.70 Å². The van der Waals surface area contributed by atoms with E-state index in [0.717, 1.165) is 16.8 Å². The number of nitrogens with one attached hydrogen (secondary N) is 2. The molecule has 2 amide bonds. The third-order valence-electron chi connectivity index (χ3n) is 3.47. The summed E-state index contributed by atoms with van der Waals surface area (Å²) < 4.78 is 0. The summed E-state index contributed by atoms with van der Waals surface area (Å²) in [6.07, 6.45) is 9.86. The molecule has 0 fully saturated rings. The van der Waals surface area contributed by atoms with Gasteiger partial charge in [-0.1, -0.05) is 78.9 Å². The van der Waals surface area contributed by atoms with Crippen LogP contribution < -0.4 is 10.6 Å². The van der Waals surface area contributed by atoms with Crippen molar-refractivity contribution in [3.8, 4) is 0 Å². The van der Waals surface area contributed by atoms with E-state index >= 15 is 0 Å². The van der Waals surface area contributed by atoms with Gasteiger partial charge >= 0.3 is 6.03 Å². The summed E-state index contributed by atoms with van der Waals surface area (Å²) in [5.74, 6) is 0. The Balaban J connectivity index is 1.73. The summed E-state index contributed by atoms with van der Waals surface area (Å²) in [5.41, 5.74) is 2.99. The minimum atomic E-state index is -0.192. The number of allylic oxidation sites excluding steroid dienone is 1. The van der Waals surface area contributed by atoms with Crippen molar-refractivity contribution in [2.45, 2.75) is 6.04 Å². The molecular weight excluding hydrogens is 284 g/mol. The third-order valence-corrected chi connectivity index (χ3v) is 3.47. The van der Waals surface area contributed by atoms with Crippen LogP contribution in [0.4, 0.5) is 4.79 Å². The molecule has 0 spiro atoms. The van der Waals surface area contributed by atoms with E-state index in [-0.39, 0.29) is 12.1 Å². The Morgan fingerprint density at radius 3 is 2.04 bits per heavy atom. The van der Waals surface area contributed by atoms with Gasteiger partial charge < -0.3 is 10.6 Å². The normalized spacial score (nSPS) is 17.8. The summed E-state index contributed by atoms with van der Waals surface area (Å²) in [5, 5.41) is 5.67. The van der Waals surface area contributed by atoms with E-state index in [1.807, 2.05) is 91.0 Å². The molecule has 0 saturated heterocycles. The number of hydrogen-bond donors (Lipinski definition) is 2. The molecule has 1 unspecified atom stereocenters. The van der Waals surface area contributed by atoms with E-state index < -0.39 is 0 Å². The molecule has 2 aromatic carbocycles. The van der Waals surface area contributed by atoms with Gasteiger partial charge in [0.05, 0.1) is 6.04 Å². The number of urea groups is 1. The molecule has 0 bridgehead atoms. The van der Waals surface area contributed by atoms with Crippen molar-refractivity contribution in [3.05, 3.63) is 95.7 Å². The molecule has 0 aromatic heterocycles. The van der Waals surface area contributed by atoms with Gasteiger partial charge in [0.1, 0.15) is 0 Å². The lowest BCUT2D eigenvalue weighted by molar-refractivity contribution is 0.241. The maximum Gasteiger partial charge on any atom is 0.319 e. The fraction of sp³-hybridized carbons (Fsp3) is 0.0500. The van der Waals surface area contributed by atoms with Crippen LogP contribution in [0.1, 0.15) is 11.1 Å². The Morgan fingerprint density at radius 1 is 0.783 bits per heavy atom. The zero-order chi connectivity index (χ0) is 15.9. The van der Waals surface area contributed by atoms with Crippen LogP contribution in [-0.2, 0) is 0 Å². The molecule has 2 aromatic rings. The molecule has 1 heterocycles. The van der Waals surface area contributed by atoms with E-state index in [0.29, 0.717) is 0 Å². The van der Waals surface area contributed by atoms with Crippen molar-refractivity contribution in [1.82, 2.24) is 10.6 Å². The zero-order valence-corrected chi connectivity index (χ0v) is 12.6. The van der Waals surface area contributed by atoms with E-state index in [1.165, 1.54) is 0 Å². The fourth-order valence-corrected chi connectivity index (χ4v) is 2.33. The summed E-state index contributed by atoms with van der Waals surface area (Å²) >= 11 is 0. The predicted octanol–water partition coefficient (Wildman–Crippen LogP) is 3.98. The van der Waals surface area contributed by atoms with Crippen molar-refractivity contribution in [2.75, 3.05) is 0 Å². The standard InChI is InChI=1S/C20H18N2O/c23-20-21-18(13-11-16-7-3-1-4-8-16)15-19(22-20)14-12-17-9-5-2-6-10-17/h1-15,18H,(H2,21,22,23). The van der Waals surface area contributed by atoms with Gasteiger partial charge in [-0.25, -0.2) is 4.79 Å². The van der Waals surface area contributed by atoms with Crippen LogP contribution in [-0.4, -0.2) is 12.1 Å². The van der Waals surface area contributed by atoms with Gasteiger partial charge in [0.15, 0.2) is 0 Å². The number of benzene rings is 2. The summed E-state index contributed by atoms with van der Waals surface area (Å²) in [4.78, 5) is 11.8. The van der Waals surface area contributed by atoms with Crippen LogP contribution in [0.15, 0.2) is 84.6 Å². The van der Waals surface area contributed by atoms with Gasteiger partial charge in [-0.15, -0.1) is 0 Å². The average molecular weight is 302 g/mol. The molecule has 0 saturated carbocycles. The summed E-state index contributed by atoms with van der Waals surface area (Å²) in [6, 6.07) is 19.7. The first-order valence-electron chi connectivity index (χ1n) is 7.55. The molecule has 0 radical (unpaired) electrons. The first-order chi connectivity index (χ1) is 11.3. The molecule has 3 nitrogen and oxygen atoms in total. The molecule has 2 N–H and O–H groups in total. The van der Waals surface area contributed by atoms with Crippen molar-refractivity contribution in [1.29, 1.82) is 0 Å². The van der Waals surface area contributed by atoms with Crippen LogP contribution in [0.2, 0.25) is 0 Å². The Morgan fingerprint density at radius 2 is 1.39 bits per heavy atom. The second-order valence-electron chi connectivity index (χ2n) is 5.26. The highest BCUT2D eigenvalue weighted by atomic mass is 16.2. The van der Waals surface area contributed by atoms with Gasteiger partial charge in [-0.3, -0.25) is 0 Å². The molecule has 3 rings (SSSR count). The van der Waals surface area contributed by atoms with Crippen LogP contribution in [0.3, 0.4) is 0 Å². The molecular formula is C20H18N2O. The summed E-state index contributed by atoms with van der Waals surface area (Å²) in [6.45, 7) is 0. The third kappa shape index (κ3) is 4.45. The Kier molecular flexibility index (Phi) is 4.69. The Labute approximate surface area is 136 Å². The highest BCUT2D eigenvalue weighted by Gasteiger charge is 2.14. The molecule has 3 heteroatoms. The topological polar surface area (TPSA) is 41.1 Å². The highest BCUT2D eigenvalue weighted by Crippen LogP contribution is 2.09. The second-order valence-corrected chi connectivity index (χ2v) is 5.26. The Hall–Kier alpha value is -3.07. The van der Waals surface area contributed by atoms with Gasteiger partial charge in [-0.05, 0) is 23.3 Å². The fourth-order valence-electron chi connectivity index (χ4n) is 2.33. The Bertz CT molecular complexity index is 746. The smallest absolute Gasteiger partial charge is 0.319 e. The summed E-state index contributed by atoms with van der Waals surface area (Å²) in [7, 11) is 0. The maximum absolute atomic E-state index is 11.8. The lowest BCUT2D eigenvalue weighted by Crippen LogP contribution is -2.44. The van der Waals surface area contributed by atoms with Crippen molar-refractivity contribution in [3.63, 3.8) is 0 Å². The molecule has 114 valence electrons. The van der Waals surface area contributed by atoms with Gasteiger partial charge in [-0.2, -0.15) is 0 Å². The first kappa shape index (κ1) is 14.9. The van der Waals surface area contributed by atoms with Gasteiger partial charge in [0.2, 0.25) is 0 Å². The van der Waals surface area contributed by atoms with Crippen LogP contribution in [0.5, 0.6) is 0 Å². The average Bonchev–Trinajstić information content (AvgIpc) is 2.60. The first-order valence-corrected chi connectivity index (χ1v) is 7.55. The quantitative estimate of drug-likeness (QED) is 0.881. The number of hydrogen-bond acceptors (Lipinski definition) is 1. The molecule has 1 atom stereocenters. The molecule has 0 aliphatic carbocycles. The predicted molar refractivity (Wildman–Crippen MR) is 94.5 cm³/mol. The van der Waals surface area contributed by atoms with E-state index in [2.05, 4.69) is 10.6 Å². The zero-order valence-electron chi connectivity index (χ0n) is 12.6. The number of carbonyl (C=O) groups excluding carboxylic acids is 1. The number of amides is 2. The SMILES string of the molecule is O=C1NC(C=Cc2ccccc2)=CC(C=Cc2ccccc2)N1. The lowest BCUT2D eigenvalue weighted by atomic mass is 10.1. The van der Waals surface area contributed by atoms with Crippen LogP contribution in [0, 0.1) is 0 Å². The number of rotatable bonds is 4. The minimum Gasteiger partial charge on any atom is -0.328 e. The molecule has 23 heavy (non-hydrogen) atoms. The molecule has 1 aliphatic rings. The maximum atomic E-state index is 11.8. The van der Waals surface area contributed by atoms with Crippen LogP contribution in [0.25, 0.3) is 12.2 Å². The van der Waals surface area contributed by atoms with E-state index in [9.17, 15) is 4.79 Å². The largest absolute Gasteiger partial charge is 0.328 e. The minimum absolute atomic E-state index is 0.126. The number of carbonyl (C=O) groups is 1. The van der Waals surface area contributed by atoms with Crippen molar-refractivity contribution >= 4 is 18.2 Å². The van der Waals surface area contributed by atoms with Gasteiger partial charge in [0.25, 0.3) is 0 Å². The van der Waals surface area contributed by atoms with E-state index in [1.54, 1.807) is 0 Å². The van der Waals surface area contributed by atoms with Crippen molar-refractivity contribution < 1.29 is 4.79 Å². The van der Waals surface area contributed by atoms with E-state index in [4.69, 9.17) is 0 Å². The lowest BCUT2D eigenvalue weighted by Gasteiger charge is -2.19. The molecule has 1 aliphatic heterocycles. The highest BCUT2D eigenvalue weighted by molar-refractivity contribution is 5.79. The van der Waals surface area contributed by atoms with Crippen molar-refractivity contribution in [2.24, 2.45) is 0 Å². The van der Waals surface area contributed by atoms with Crippen LogP contribution >= 0.6 is 0 Å². The monoisotopic (exact) mass is 302 g/mol. The second kappa shape index (κ2) is 7.27.